The third-order valence-electron chi connectivity index (χ3n) is 4.62. The second-order valence-electron chi connectivity index (χ2n) is 7.66. The molecule has 0 N–H and O–H groups in total. The van der Waals surface area contributed by atoms with Gasteiger partial charge in [0.05, 0.1) is 13.5 Å². The van der Waals surface area contributed by atoms with Gasteiger partial charge in [0.25, 0.3) is 33.7 Å². The highest BCUT2D eigenvalue weighted by molar-refractivity contribution is 7.88. The fourth-order valence-electron chi connectivity index (χ4n) is 2.97. The first-order chi connectivity index (χ1) is 18.7. The van der Waals surface area contributed by atoms with Gasteiger partial charge in [0.15, 0.2) is 5.25 Å². The second kappa shape index (κ2) is 13.3. The summed E-state index contributed by atoms with van der Waals surface area (Å²) in [7, 11) is -3.28. The van der Waals surface area contributed by atoms with Crippen LogP contribution in [0.3, 0.4) is 0 Å². The molecule has 1 aromatic heterocycles. The number of fused-ring (bicyclic) bond motifs is 1. The molecule has 0 radical (unpaired) electrons. The van der Waals surface area contributed by atoms with Crippen LogP contribution < -0.4 is 4.84 Å². The predicted molar refractivity (Wildman–Crippen MR) is 126 cm³/mol. The summed E-state index contributed by atoms with van der Waals surface area (Å²) in [4.78, 5) is 90.1. The number of aromatic nitrogens is 3. The normalized spacial score (nSPS) is 16.6. The number of benzene rings is 1. The molecule has 2 saturated heterocycles. The van der Waals surface area contributed by atoms with E-state index in [1.54, 1.807) is 12.1 Å². The zero-order chi connectivity index (χ0) is 30.2. The van der Waals surface area contributed by atoms with E-state index in [9.17, 15) is 42.0 Å². The summed E-state index contributed by atoms with van der Waals surface area (Å²) in [5.41, 5.74) is 1.38. The lowest BCUT2D eigenvalue weighted by Crippen LogP contribution is -2.36. The molecule has 4 amide bonds. The van der Waals surface area contributed by atoms with Gasteiger partial charge >= 0.3 is 17.9 Å². The summed E-state index contributed by atoms with van der Waals surface area (Å²) in [6.45, 7) is 3.44. The SMILES string of the molecule is CC(=O)ON1C(=O)CCC1=O.CC(=O)On1nnc2ccccc21.COS(=O)(=O)C1CC(=O)N(OC(C)=O)C1=O. The van der Waals surface area contributed by atoms with E-state index in [2.05, 4.69) is 24.2 Å². The fourth-order valence-corrected chi connectivity index (χ4v) is 3.89. The molecule has 2 aromatic rings. The van der Waals surface area contributed by atoms with Gasteiger partial charge in [-0.25, -0.2) is 14.4 Å². The van der Waals surface area contributed by atoms with Crippen LogP contribution in [0.25, 0.3) is 11.0 Å². The summed E-state index contributed by atoms with van der Waals surface area (Å²) in [5, 5.41) is 6.48. The van der Waals surface area contributed by atoms with Crippen LogP contribution in [-0.2, 0) is 57.5 Å². The average Bonchev–Trinajstić information content (AvgIpc) is 3.52. The molecule has 1 unspecified atom stereocenters. The Kier molecular flexibility index (Phi) is 10.5. The molecule has 0 bridgehead atoms. The quantitative estimate of drug-likeness (QED) is 0.223. The summed E-state index contributed by atoms with van der Waals surface area (Å²) >= 11 is 0. The minimum atomic E-state index is -4.15. The van der Waals surface area contributed by atoms with Gasteiger partial charge in [-0.2, -0.15) is 8.42 Å². The van der Waals surface area contributed by atoms with E-state index in [1.807, 2.05) is 12.1 Å². The van der Waals surface area contributed by atoms with Crippen molar-refractivity contribution in [3.8, 4) is 0 Å². The summed E-state index contributed by atoms with van der Waals surface area (Å²) in [6, 6.07) is 7.24. The maximum Gasteiger partial charge on any atom is 0.332 e. The van der Waals surface area contributed by atoms with Crippen LogP contribution in [-0.4, -0.2) is 87.6 Å². The molecular weight excluding hydrogens is 562 g/mol. The summed E-state index contributed by atoms with van der Waals surface area (Å²) in [6.07, 6.45) is -0.333. The average molecular weight is 586 g/mol. The number of carbonyl (C=O) groups excluding carboxylic acids is 7. The number of rotatable bonds is 5. The Labute approximate surface area is 225 Å². The van der Waals surface area contributed by atoms with Gasteiger partial charge in [0.1, 0.15) is 11.0 Å². The third-order valence-corrected chi connectivity index (χ3v) is 6.15. The Morgan fingerprint density at radius 1 is 0.825 bits per heavy atom. The Bertz CT molecular complexity index is 1440. The summed E-state index contributed by atoms with van der Waals surface area (Å²) < 4.78 is 26.6. The van der Waals surface area contributed by atoms with E-state index >= 15 is 0 Å². The molecule has 4 rings (SSSR count). The van der Waals surface area contributed by atoms with Gasteiger partial charge in [-0.1, -0.05) is 17.0 Å². The van der Waals surface area contributed by atoms with Crippen molar-refractivity contribution >= 4 is 62.7 Å². The van der Waals surface area contributed by atoms with E-state index in [0.717, 1.165) is 25.8 Å². The topological polar surface area (TPSA) is 228 Å². The van der Waals surface area contributed by atoms with Gasteiger partial charge < -0.3 is 14.5 Å². The molecule has 0 saturated carbocycles. The maximum atomic E-state index is 11.4. The molecule has 19 heteroatoms. The smallest absolute Gasteiger partial charge is 0.331 e. The lowest BCUT2D eigenvalue weighted by atomic mass is 10.3. The Morgan fingerprint density at radius 3 is 1.88 bits per heavy atom. The molecule has 2 aliphatic rings. The van der Waals surface area contributed by atoms with Crippen molar-refractivity contribution in [3.63, 3.8) is 0 Å². The van der Waals surface area contributed by atoms with Crippen LogP contribution in [0.1, 0.15) is 40.0 Å². The molecule has 1 atom stereocenters. The number of hydrogen-bond donors (Lipinski definition) is 0. The van der Waals surface area contributed by atoms with E-state index in [4.69, 9.17) is 4.84 Å². The number of hydroxylamine groups is 4. The monoisotopic (exact) mass is 585 g/mol. The lowest BCUT2D eigenvalue weighted by molar-refractivity contribution is -0.195. The number of hydrogen-bond acceptors (Lipinski definition) is 15. The highest BCUT2D eigenvalue weighted by atomic mass is 32.2. The van der Waals surface area contributed by atoms with Gasteiger partial charge in [-0.15, -0.1) is 15.2 Å². The Balaban J connectivity index is 0.000000214. The van der Waals surface area contributed by atoms with E-state index in [-0.39, 0.29) is 17.9 Å². The van der Waals surface area contributed by atoms with Gasteiger partial charge in [-0.3, -0.25) is 23.4 Å². The molecule has 40 heavy (non-hydrogen) atoms. The molecule has 0 spiro atoms. The van der Waals surface area contributed by atoms with Gasteiger partial charge in [0, 0.05) is 33.6 Å². The molecule has 18 nitrogen and oxygen atoms in total. The van der Waals surface area contributed by atoms with Crippen molar-refractivity contribution in [1.29, 1.82) is 0 Å². The summed E-state index contributed by atoms with van der Waals surface area (Å²) in [5.74, 6) is -4.90. The first kappa shape index (κ1) is 31.4. The third kappa shape index (κ3) is 8.11. The van der Waals surface area contributed by atoms with Crippen molar-refractivity contribution in [2.24, 2.45) is 0 Å². The number of para-hydroxylation sites is 1. The van der Waals surface area contributed by atoms with Crippen LogP contribution in [0.4, 0.5) is 0 Å². The zero-order valence-electron chi connectivity index (χ0n) is 21.5. The molecular formula is C21H23N5O13S. The number of imide groups is 2. The maximum absolute atomic E-state index is 11.4. The largest absolute Gasteiger partial charge is 0.332 e. The molecule has 2 aliphatic heterocycles. The van der Waals surface area contributed by atoms with Crippen molar-refractivity contribution in [1.82, 2.24) is 25.3 Å². The molecule has 3 heterocycles. The predicted octanol–water partition coefficient (Wildman–Crippen LogP) is -1.41. The van der Waals surface area contributed by atoms with Crippen molar-refractivity contribution < 1.29 is 60.7 Å². The number of amides is 4. The first-order valence-corrected chi connectivity index (χ1v) is 12.5. The van der Waals surface area contributed by atoms with Crippen LogP contribution in [0.5, 0.6) is 0 Å². The van der Waals surface area contributed by atoms with E-state index in [1.165, 1.54) is 6.92 Å². The van der Waals surface area contributed by atoms with E-state index < -0.39 is 63.3 Å². The second-order valence-corrected chi connectivity index (χ2v) is 9.55. The highest BCUT2D eigenvalue weighted by Crippen LogP contribution is 2.21. The van der Waals surface area contributed by atoms with Crippen LogP contribution in [0, 0.1) is 0 Å². The minimum absolute atomic E-state index is 0.131. The highest BCUT2D eigenvalue weighted by Gasteiger charge is 2.48. The lowest BCUT2D eigenvalue weighted by Gasteiger charge is -2.11. The fraction of sp³-hybridized carbons (Fsp3) is 0.381. The van der Waals surface area contributed by atoms with Crippen molar-refractivity contribution in [2.75, 3.05) is 7.11 Å². The standard InChI is InChI=1S/C8H7N3O2.C7H9NO7S.C6H7NO4/c1-6(12)13-11-8-5-3-2-4-7(8)9-10-11;1-4(9)15-8-6(10)3-5(7(8)11)16(12,13)14-2;1-4(8)11-7-5(9)2-3-6(7)10/h2-5H,1H3;5H,3H2,1-2H3;2-3H2,1H3. The molecule has 216 valence electrons. The number of nitrogens with zero attached hydrogens (tertiary/aromatic N) is 5. The van der Waals surface area contributed by atoms with Crippen molar-refractivity contribution in [3.05, 3.63) is 24.3 Å². The molecule has 1 aromatic carbocycles. The minimum Gasteiger partial charge on any atom is -0.331 e. The van der Waals surface area contributed by atoms with Crippen molar-refractivity contribution in [2.45, 2.75) is 45.3 Å². The van der Waals surface area contributed by atoms with E-state index in [0.29, 0.717) is 16.1 Å². The van der Waals surface area contributed by atoms with Crippen LogP contribution in [0.2, 0.25) is 0 Å². The Hall–Kier alpha value is -4.78. The van der Waals surface area contributed by atoms with Gasteiger partial charge in [-0.05, 0) is 17.3 Å². The van der Waals surface area contributed by atoms with Crippen LogP contribution >= 0.6 is 0 Å². The first-order valence-electron chi connectivity index (χ1n) is 11.1. The molecule has 0 aliphatic carbocycles. The molecule has 2 fully saturated rings. The number of carbonyl (C=O) groups is 7. The Morgan fingerprint density at radius 2 is 1.35 bits per heavy atom. The van der Waals surface area contributed by atoms with Crippen LogP contribution in [0.15, 0.2) is 24.3 Å². The van der Waals surface area contributed by atoms with Gasteiger partial charge in [0.2, 0.25) is 0 Å². The zero-order valence-corrected chi connectivity index (χ0v) is 22.3.